The highest BCUT2D eigenvalue weighted by molar-refractivity contribution is 5.82. The van der Waals surface area contributed by atoms with Crippen molar-refractivity contribution in [2.24, 2.45) is 11.8 Å². The Balaban J connectivity index is 1.60. The van der Waals surface area contributed by atoms with E-state index in [4.69, 9.17) is 0 Å². The van der Waals surface area contributed by atoms with Crippen LogP contribution in [0.3, 0.4) is 0 Å². The molecule has 132 valence electrons. The van der Waals surface area contributed by atoms with Crippen LogP contribution in [-0.4, -0.2) is 23.1 Å². The second-order valence-corrected chi connectivity index (χ2v) is 7.84. The average molecular weight is 330 g/mol. The van der Waals surface area contributed by atoms with Crippen molar-refractivity contribution in [1.82, 2.24) is 10.6 Å². The van der Waals surface area contributed by atoms with Crippen molar-refractivity contribution in [3.8, 4) is 5.75 Å². The highest BCUT2D eigenvalue weighted by Crippen LogP contribution is 2.30. The molecule has 1 aliphatic carbocycles. The van der Waals surface area contributed by atoms with E-state index in [-0.39, 0.29) is 23.7 Å². The van der Waals surface area contributed by atoms with Gasteiger partial charge in [0.15, 0.2) is 0 Å². The predicted molar refractivity (Wildman–Crippen MR) is 95.8 cm³/mol. The van der Waals surface area contributed by atoms with Crippen LogP contribution in [0.4, 0.5) is 0 Å². The number of nitrogens with one attached hydrogen (secondary N) is 2. The van der Waals surface area contributed by atoms with E-state index >= 15 is 0 Å². The standard InChI is InChI=1S/C20H30N2O2/c1-13(2)18(9-14-5-3-4-6-14)22-20(24)19-11-15-7-8-17(23)10-16(15)12-21-19/h7-8,10,13-14,18-19,21,23H,3-6,9,11-12H2,1-2H3,(H,22,24)/t18?,19-/m1/s1. The minimum atomic E-state index is -0.174. The van der Waals surface area contributed by atoms with E-state index in [1.807, 2.05) is 6.07 Å². The van der Waals surface area contributed by atoms with Crippen LogP contribution in [0.1, 0.15) is 57.1 Å². The number of amides is 1. The summed E-state index contributed by atoms with van der Waals surface area (Å²) in [6.45, 7) is 5.04. The summed E-state index contributed by atoms with van der Waals surface area (Å²) in [5.74, 6) is 1.64. The Hall–Kier alpha value is -1.55. The molecule has 0 saturated heterocycles. The second kappa shape index (κ2) is 7.56. The molecule has 0 bridgehead atoms. The second-order valence-electron chi connectivity index (χ2n) is 7.84. The van der Waals surface area contributed by atoms with Crippen LogP contribution >= 0.6 is 0 Å². The molecule has 4 heteroatoms. The first kappa shape index (κ1) is 17.3. The van der Waals surface area contributed by atoms with Gasteiger partial charge < -0.3 is 15.7 Å². The topological polar surface area (TPSA) is 61.4 Å². The number of rotatable bonds is 5. The van der Waals surface area contributed by atoms with Gasteiger partial charge in [0.1, 0.15) is 5.75 Å². The molecule has 2 aliphatic rings. The van der Waals surface area contributed by atoms with Crippen LogP contribution in [0.15, 0.2) is 18.2 Å². The highest BCUT2D eigenvalue weighted by Gasteiger charge is 2.28. The molecule has 1 saturated carbocycles. The molecule has 0 radical (unpaired) electrons. The number of carbonyl (C=O) groups excluding carboxylic acids is 1. The molecule has 0 aromatic heterocycles. The lowest BCUT2D eigenvalue weighted by Crippen LogP contribution is -2.51. The third-order valence-corrected chi connectivity index (χ3v) is 5.66. The van der Waals surface area contributed by atoms with E-state index in [1.165, 1.54) is 25.7 Å². The maximum atomic E-state index is 12.7. The summed E-state index contributed by atoms with van der Waals surface area (Å²) in [6, 6.07) is 5.52. The van der Waals surface area contributed by atoms with Gasteiger partial charge in [-0.1, -0.05) is 45.6 Å². The van der Waals surface area contributed by atoms with Crippen molar-refractivity contribution in [3.05, 3.63) is 29.3 Å². The van der Waals surface area contributed by atoms with E-state index in [0.717, 1.165) is 23.5 Å². The van der Waals surface area contributed by atoms with Crippen molar-refractivity contribution < 1.29 is 9.90 Å². The first-order valence-corrected chi connectivity index (χ1v) is 9.37. The van der Waals surface area contributed by atoms with Crippen molar-refractivity contribution in [3.63, 3.8) is 0 Å². The number of aromatic hydroxyl groups is 1. The minimum Gasteiger partial charge on any atom is -0.508 e. The predicted octanol–water partition coefficient (Wildman–Crippen LogP) is 3.13. The van der Waals surface area contributed by atoms with Crippen molar-refractivity contribution >= 4 is 5.91 Å². The fraction of sp³-hybridized carbons (Fsp3) is 0.650. The molecule has 0 spiro atoms. The Kier molecular flexibility index (Phi) is 5.44. The summed E-state index contributed by atoms with van der Waals surface area (Å²) in [6.07, 6.45) is 7.13. The molecule has 1 heterocycles. The van der Waals surface area contributed by atoms with E-state index < -0.39 is 0 Å². The Morgan fingerprint density at radius 1 is 1.29 bits per heavy atom. The summed E-state index contributed by atoms with van der Waals surface area (Å²) in [4.78, 5) is 12.7. The zero-order valence-corrected chi connectivity index (χ0v) is 14.8. The first-order chi connectivity index (χ1) is 11.5. The minimum absolute atomic E-state index is 0.116. The number of carbonyl (C=O) groups is 1. The molecule has 1 unspecified atom stereocenters. The summed E-state index contributed by atoms with van der Waals surface area (Å²) >= 11 is 0. The average Bonchev–Trinajstić information content (AvgIpc) is 3.06. The molecule has 4 nitrogen and oxygen atoms in total. The lowest BCUT2D eigenvalue weighted by atomic mass is 9.90. The zero-order valence-electron chi connectivity index (χ0n) is 14.8. The molecule has 1 aromatic carbocycles. The van der Waals surface area contributed by atoms with E-state index in [2.05, 4.69) is 24.5 Å². The van der Waals surface area contributed by atoms with E-state index in [1.54, 1.807) is 12.1 Å². The van der Waals surface area contributed by atoms with Crippen LogP contribution in [0.2, 0.25) is 0 Å². The molecule has 1 aromatic rings. The largest absolute Gasteiger partial charge is 0.508 e. The molecule has 24 heavy (non-hydrogen) atoms. The first-order valence-electron chi connectivity index (χ1n) is 9.37. The van der Waals surface area contributed by atoms with Gasteiger partial charge in [0.05, 0.1) is 6.04 Å². The number of phenols is 1. The third-order valence-electron chi connectivity index (χ3n) is 5.66. The van der Waals surface area contributed by atoms with Gasteiger partial charge in [0, 0.05) is 12.6 Å². The van der Waals surface area contributed by atoms with Gasteiger partial charge in [0.25, 0.3) is 0 Å². The Morgan fingerprint density at radius 2 is 2.04 bits per heavy atom. The van der Waals surface area contributed by atoms with E-state index in [0.29, 0.717) is 18.9 Å². The van der Waals surface area contributed by atoms with Crippen LogP contribution in [0.25, 0.3) is 0 Å². The molecule has 2 atom stereocenters. The van der Waals surface area contributed by atoms with Crippen LogP contribution in [0, 0.1) is 11.8 Å². The maximum absolute atomic E-state index is 12.7. The summed E-state index contributed by atoms with van der Waals surface area (Å²) in [5.41, 5.74) is 2.24. The summed E-state index contributed by atoms with van der Waals surface area (Å²) in [7, 11) is 0. The van der Waals surface area contributed by atoms with Gasteiger partial charge >= 0.3 is 0 Å². The highest BCUT2D eigenvalue weighted by atomic mass is 16.3. The smallest absolute Gasteiger partial charge is 0.237 e. The van der Waals surface area contributed by atoms with Crippen LogP contribution < -0.4 is 10.6 Å². The molecule has 1 aliphatic heterocycles. The summed E-state index contributed by atoms with van der Waals surface area (Å²) in [5, 5.41) is 16.2. The quantitative estimate of drug-likeness (QED) is 0.777. The lowest BCUT2D eigenvalue weighted by Gasteiger charge is -2.30. The molecular weight excluding hydrogens is 300 g/mol. The van der Waals surface area contributed by atoms with Crippen molar-refractivity contribution in [2.45, 2.75) is 71.0 Å². The normalized spacial score (nSPS) is 22.4. The third kappa shape index (κ3) is 4.10. The van der Waals surface area contributed by atoms with Crippen molar-refractivity contribution in [2.75, 3.05) is 0 Å². The number of phenolic OH excluding ortho intramolecular Hbond substituents is 1. The molecule has 1 fully saturated rings. The van der Waals surface area contributed by atoms with E-state index in [9.17, 15) is 9.90 Å². The summed E-state index contributed by atoms with van der Waals surface area (Å²) < 4.78 is 0. The van der Waals surface area contributed by atoms with Gasteiger partial charge in [-0.05, 0) is 47.9 Å². The van der Waals surface area contributed by atoms with Gasteiger partial charge in [0.2, 0.25) is 5.91 Å². The van der Waals surface area contributed by atoms with Crippen LogP contribution in [0.5, 0.6) is 5.75 Å². The van der Waals surface area contributed by atoms with Crippen molar-refractivity contribution in [1.29, 1.82) is 0 Å². The number of hydrogen-bond acceptors (Lipinski definition) is 3. The fourth-order valence-corrected chi connectivity index (χ4v) is 4.07. The molecule has 3 rings (SSSR count). The zero-order chi connectivity index (χ0) is 17.1. The van der Waals surface area contributed by atoms with Gasteiger partial charge in [-0.25, -0.2) is 0 Å². The van der Waals surface area contributed by atoms with Gasteiger partial charge in [-0.2, -0.15) is 0 Å². The van der Waals surface area contributed by atoms with Crippen LogP contribution in [-0.2, 0) is 17.8 Å². The SMILES string of the molecule is CC(C)C(CC1CCCC1)NC(=O)[C@H]1Cc2ccc(O)cc2CN1. The maximum Gasteiger partial charge on any atom is 0.237 e. The number of benzene rings is 1. The Bertz CT molecular complexity index is 579. The lowest BCUT2D eigenvalue weighted by molar-refractivity contribution is -0.124. The Morgan fingerprint density at radius 3 is 2.75 bits per heavy atom. The molecule has 3 N–H and O–H groups in total. The Labute approximate surface area is 145 Å². The number of hydrogen-bond donors (Lipinski definition) is 3. The molecule has 1 amide bonds. The number of fused-ring (bicyclic) bond motifs is 1. The van der Waals surface area contributed by atoms with Gasteiger partial charge in [-0.15, -0.1) is 0 Å². The fourth-order valence-electron chi connectivity index (χ4n) is 4.07. The monoisotopic (exact) mass is 330 g/mol. The molecular formula is C20H30N2O2. The van der Waals surface area contributed by atoms with Gasteiger partial charge in [-0.3, -0.25) is 4.79 Å².